The van der Waals surface area contributed by atoms with Crippen LogP contribution in [0.4, 0.5) is 0 Å². The van der Waals surface area contributed by atoms with Crippen LogP contribution >= 0.6 is 11.8 Å². The Morgan fingerprint density at radius 1 is 1.09 bits per heavy atom. The van der Waals surface area contributed by atoms with Gasteiger partial charge in [0.05, 0.1) is 0 Å². The standard InChI is InChI=1S/C29H43NO2S/c1-28-11-9-22(33-16-15-30-13-3-4-14-30)18-21(28)5-6-23-25-8-7-24(20-17-27(31)32-19-20)29(25,2)12-10-26(23)28/h5,17,22-26H,3-4,6-16,18-19H2,1-2H3/t22-,23-,24+,25-,26-,28-,29+/m0/s1. The molecule has 6 aliphatic rings. The largest absolute Gasteiger partial charge is 0.458 e. The SMILES string of the molecule is C[C@]12CC[C@H]3[C@@H](CC=C4C[C@@H](SCCN5CCCC5)CC[C@@]43C)[C@@H]1CC[C@@H]2C1=CC(=O)OC1. The quantitative estimate of drug-likeness (QED) is 0.352. The molecule has 0 aromatic carbocycles. The van der Waals surface area contributed by atoms with Crippen molar-refractivity contribution in [3.05, 3.63) is 23.3 Å². The summed E-state index contributed by atoms with van der Waals surface area (Å²) in [4.78, 5) is 14.4. The van der Waals surface area contributed by atoms with Crippen LogP contribution in [0.2, 0.25) is 0 Å². The third kappa shape index (κ3) is 3.86. The maximum atomic E-state index is 11.8. The van der Waals surface area contributed by atoms with Gasteiger partial charge in [0, 0.05) is 23.6 Å². The van der Waals surface area contributed by atoms with Gasteiger partial charge in [-0.3, -0.25) is 0 Å². The molecule has 0 N–H and O–H groups in total. The number of rotatable bonds is 5. The molecule has 0 bridgehead atoms. The molecule has 3 saturated carbocycles. The molecular formula is C29H43NO2S. The second-order valence-electron chi connectivity index (χ2n) is 12.5. The Bertz CT molecular complexity index is 845. The summed E-state index contributed by atoms with van der Waals surface area (Å²) < 4.78 is 5.32. The second-order valence-corrected chi connectivity index (χ2v) is 14.0. The highest BCUT2D eigenvalue weighted by molar-refractivity contribution is 7.99. The predicted molar refractivity (Wildman–Crippen MR) is 136 cm³/mol. The van der Waals surface area contributed by atoms with Gasteiger partial charge in [0.1, 0.15) is 6.61 Å². The number of likely N-dealkylation sites (tertiary alicyclic amines) is 1. The van der Waals surface area contributed by atoms with E-state index in [-0.39, 0.29) is 5.97 Å². The number of hydrogen-bond donors (Lipinski definition) is 0. The van der Waals surface area contributed by atoms with E-state index in [0.717, 1.165) is 23.0 Å². The van der Waals surface area contributed by atoms with Gasteiger partial charge < -0.3 is 9.64 Å². The molecule has 7 atom stereocenters. The van der Waals surface area contributed by atoms with Crippen molar-refractivity contribution in [1.29, 1.82) is 0 Å². The summed E-state index contributed by atoms with van der Waals surface area (Å²) in [6.07, 6.45) is 18.2. The molecule has 4 aliphatic carbocycles. The van der Waals surface area contributed by atoms with E-state index in [0.29, 0.717) is 23.4 Å². The molecule has 0 radical (unpaired) electrons. The van der Waals surface area contributed by atoms with Gasteiger partial charge in [0.2, 0.25) is 0 Å². The van der Waals surface area contributed by atoms with Crippen molar-refractivity contribution in [3.63, 3.8) is 0 Å². The highest BCUT2D eigenvalue weighted by atomic mass is 32.2. The zero-order chi connectivity index (χ0) is 22.6. The van der Waals surface area contributed by atoms with Crippen molar-refractivity contribution in [2.24, 2.45) is 34.5 Å². The monoisotopic (exact) mass is 469 g/mol. The zero-order valence-electron chi connectivity index (χ0n) is 20.8. The molecule has 182 valence electrons. The van der Waals surface area contributed by atoms with E-state index in [1.165, 1.54) is 95.2 Å². The molecule has 2 heterocycles. The lowest BCUT2D eigenvalue weighted by Crippen LogP contribution is -2.50. The van der Waals surface area contributed by atoms with Gasteiger partial charge in [-0.1, -0.05) is 25.5 Å². The molecule has 0 unspecified atom stereocenters. The summed E-state index contributed by atoms with van der Waals surface area (Å²) >= 11 is 2.27. The highest BCUT2D eigenvalue weighted by Crippen LogP contribution is 2.67. The number of fused-ring (bicyclic) bond motifs is 5. The maximum Gasteiger partial charge on any atom is 0.331 e. The number of allylic oxidation sites excluding steroid dienone is 2. The summed E-state index contributed by atoms with van der Waals surface area (Å²) in [6, 6.07) is 0. The lowest BCUT2D eigenvalue weighted by molar-refractivity contribution is -0.135. The average Bonchev–Trinajstić information content (AvgIpc) is 3.53. The summed E-state index contributed by atoms with van der Waals surface area (Å²) in [5, 5.41) is 0.847. The van der Waals surface area contributed by atoms with E-state index in [1.807, 2.05) is 11.6 Å². The molecule has 33 heavy (non-hydrogen) atoms. The number of cyclic esters (lactones) is 1. The van der Waals surface area contributed by atoms with Gasteiger partial charge in [-0.05, 0) is 117 Å². The summed E-state index contributed by atoms with van der Waals surface area (Å²) in [7, 11) is 0. The number of nitrogens with zero attached hydrogens (tertiary/aromatic N) is 1. The summed E-state index contributed by atoms with van der Waals surface area (Å²) in [6.45, 7) is 9.72. The van der Waals surface area contributed by atoms with Gasteiger partial charge >= 0.3 is 5.97 Å². The molecule has 0 amide bonds. The van der Waals surface area contributed by atoms with Gasteiger partial charge in [0.25, 0.3) is 0 Å². The van der Waals surface area contributed by atoms with Crippen molar-refractivity contribution < 1.29 is 9.53 Å². The van der Waals surface area contributed by atoms with Crippen LogP contribution in [-0.4, -0.2) is 48.1 Å². The van der Waals surface area contributed by atoms with E-state index in [1.54, 1.807) is 0 Å². The Morgan fingerprint density at radius 3 is 2.73 bits per heavy atom. The molecule has 0 aromatic heterocycles. The Kier molecular flexibility index (Phi) is 6.01. The molecule has 6 rings (SSSR count). The van der Waals surface area contributed by atoms with Gasteiger partial charge in [-0.25, -0.2) is 4.79 Å². The fourth-order valence-corrected chi connectivity index (χ4v) is 10.6. The number of esters is 1. The minimum absolute atomic E-state index is 0.112. The lowest BCUT2D eigenvalue weighted by Gasteiger charge is -2.58. The first-order valence-corrected chi connectivity index (χ1v) is 14.9. The third-order valence-electron chi connectivity index (χ3n) is 11.2. The molecule has 1 saturated heterocycles. The number of ether oxygens (including phenoxy) is 1. The van der Waals surface area contributed by atoms with E-state index in [2.05, 4.69) is 36.6 Å². The minimum Gasteiger partial charge on any atom is -0.458 e. The number of thioether (sulfide) groups is 1. The van der Waals surface area contributed by atoms with Crippen LogP contribution in [0, 0.1) is 34.5 Å². The number of hydrogen-bond acceptors (Lipinski definition) is 4. The van der Waals surface area contributed by atoms with Crippen LogP contribution in [0.15, 0.2) is 23.3 Å². The average molecular weight is 470 g/mol. The van der Waals surface area contributed by atoms with Crippen molar-refractivity contribution in [3.8, 4) is 0 Å². The molecular weight excluding hydrogens is 426 g/mol. The van der Waals surface area contributed by atoms with Crippen LogP contribution in [0.1, 0.15) is 78.1 Å². The molecule has 4 heteroatoms. The van der Waals surface area contributed by atoms with Crippen LogP contribution < -0.4 is 0 Å². The lowest BCUT2D eigenvalue weighted by atomic mass is 9.47. The van der Waals surface area contributed by atoms with Crippen molar-refractivity contribution in [2.75, 3.05) is 32.0 Å². The van der Waals surface area contributed by atoms with E-state index < -0.39 is 0 Å². The predicted octanol–water partition coefficient (Wildman–Crippen LogP) is 6.25. The van der Waals surface area contributed by atoms with Crippen LogP contribution in [0.25, 0.3) is 0 Å². The Hall–Kier alpha value is -0.740. The third-order valence-corrected chi connectivity index (χ3v) is 12.4. The Labute approximate surface area is 205 Å². The summed E-state index contributed by atoms with van der Waals surface area (Å²) in [5.41, 5.74) is 3.93. The Balaban J connectivity index is 1.13. The molecule has 3 nitrogen and oxygen atoms in total. The van der Waals surface area contributed by atoms with Crippen molar-refractivity contribution >= 4 is 17.7 Å². The summed E-state index contributed by atoms with van der Waals surface area (Å²) in [5.74, 6) is 4.32. The fraction of sp³-hybridized carbons (Fsp3) is 0.828. The number of carbonyl (C=O) groups excluding carboxylic acids is 1. The second kappa shape index (κ2) is 8.73. The van der Waals surface area contributed by atoms with Crippen LogP contribution in [0.3, 0.4) is 0 Å². The fourth-order valence-electron chi connectivity index (χ4n) is 9.32. The van der Waals surface area contributed by atoms with Gasteiger partial charge in [-0.15, -0.1) is 0 Å². The van der Waals surface area contributed by atoms with E-state index >= 15 is 0 Å². The normalized spacial score (nSPS) is 45.2. The van der Waals surface area contributed by atoms with Crippen LogP contribution in [-0.2, 0) is 9.53 Å². The number of carbonyl (C=O) groups is 1. The topological polar surface area (TPSA) is 29.5 Å². The molecule has 0 spiro atoms. The van der Waals surface area contributed by atoms with E-state index in [4.69, 9.17) is 4.74 Å². The smallest absolute Gasteiger partial charge is 0.331 e. The van der Waals surface area contributed by atoms with Crippen molar-refractivity contribution in [2.45, 2.75) is 83.3 Å². The van der Waals surface area contributed by atoms with Crippen molar-refractivity contribution in [1.82, 2.24) is 4.90 Å². The molecule has 0 aromatic rings. The highest BCUT2D eigenvalue weighted by Gasteiger charge is 2.59. The first kappa shape index (κ1) is 22.7. The van der Waals surface area contributed by atoms with Gasteiger partial charge in [0.15, 0.2) is 0 Å². The Morgan fingerprint density at radius 2 is 1.94 bits per heavy atom. The first-order valence-electron chi connectivity index (χ1n) is 13.9. The van der Waals surface area contributed by atoms with Crippen LogP contribution in [0.5, 0.6) is 0 Å². The van der Waals surface area contributed by atoms with Gasteiger partial charge in [-0.2, -0.15) is 11.8 Å². The molecule has 4 fully saturated rings. The molecule has 2 aliphatic heterocycles. The zero-order valence-corrected chi connectivity index (χ0v) is 21.6. The minimum atomic E-state index is -0.112. The first-order chi connectivity index (χ1) is 16.0. The maximum absolute atomic E-state index is 11.8. The van der Waals surface area contributed by atoms with E-state index in [9.17, 15) is 4.79 Å².